The summed E-state index contributed by atoms with van der Waals surface area (Å²) in [5.74, 6) is -0.344. The first-order valence-electron chi connectivity index (χ1n) is 6.12. The number of nitrogens with zero attached hydrogens (tertiary/aromatic N) is 1. The first-order valence-corrected chi connectivity index (χ1v) is 6.12. The van der Waals surface area contributed by atoms with Crippen molar-refractivity contribution in [3.8, 4) is 0 Å². The molecule has 0 aliphatic heterocycles. The average molecular weight is 289 g/mol. The Labute approximate surface area is 116 Å². The standard InChI is InChI=1S/C13H18F3N3O/c1-19(2)8-7-17-12(20)9-18-11-6-4-3-5-10(11)13(14,15)16/h3-6,18H,7-9H2,1-2H3,(H,17,20). The Hall–Kier alpha value is -1.76. The smallest absolute Gasteiger partial charge is 0.376 e. The van der Waals surface area contributed by atoms with Crippen molar-refractivity contribution in [1.29, 1.82) is 0 Å². The van der Waals surface area contributed by atoms with Crippen molar-refractivity contribution >= 4 is 11.6 Å². The summed E-state index contributed by atoms with van der Waals surface area (Å²) in [6.07, 6.45) is -4.44. The van der Waals surface area contributed by atoms with Crippen LogP contribution in [0.15, 0.2) is 24.3 Å². The van der Waals surface area contributed by atoms with Gasteiger partial charge in [0.25, 0.3) is 0 Å². The maximum Gasteiger partial charge on any atom is 0.418 e. The molecule has 0 aromatic heterocycles. The molecule has 0 bridgehead atoms. The van der Waals surface area contributed by atoms with E-state index < -0.39 is 11.7 Å². The minimum absolute atomic E-state index is 0.0947. The van der Waals surface area contributed by atoms with Gasteiger partial charge < -0.3 is 15.5 Å². The predicted octanol–water partition coefficient (Wildman–Crippen LogP) is 1.80. The Balaban J connectivity index is 2.52. The molecular formula is C13H18F3N3O. The first kappa shape index (κ1) is 16.3. The number of halogens is 3. The quantitative estimate of drug-likeness (QED) is 0.839. The molecule has 7 heteroatoms. The Morgan fingerprint density at radius 3 is 2.50 bits per heavy atom. The van der Waals surface area contributed by atoms with Gasteiger partial charge in [-0.1, -0.05) is 12.1 Å². The molecule has 1 rings (SSSR count). The van der Waals surface area contributed by atoms with E-state index in [1.165, 1.54) is 18.2 Å². The van der Waals surface area contributed by atoms with Gasteiger partial charge in [0, 0.05) is 18.8 Å². The molecule has 20 heavy (non-hydrogen) atoms. The van der Waals surface area contributed by atoms with Crippen LogP contribution in [0.25, 0.3) is 0 Å². The number of likely N-dealkylation sites (N-methyl/N-ethyl adjacent to an activating group) is 1. The second kappa shape index (κ2) is 7.14. The summed E-state index contributed by atoms with van der Waals surface area (Å²) in [5.41, 5.74) is -0.871. The lowest BCUT2D eigenvalue weighted by molar-refractivity contribution is -0.137. The lowest BCUT2D eigenvalue weighted by atomic mass is 10.1. The minimum Gasteiger partial charge on any atom is -0.376 e. The Morgan fingerprint density at radius 2 is 1.90 bits per heavy atom. The van der Waals surface area contributed by atoms with Gasteiger partial charge in [0.05, 0.1) is 12.1 Å². The largest absolute Gasteiger partial charge is 0.418 e. The Kier molecular flexibility index (Phi) is 5.82. The van der Waals surface area contributed by atoms with E-state index in [1.54, 1.807) is 0 Å². The average Bonchev–Trinajstić information content (AvgIpc) is 2.35. The molecule has 1 aromatic carbocycles. The zero-order valence-corrected chi connectivity index (χ0v) is 11.4. The molecule has 0 fully saturated rings. The fourth-order valence-electron chi connectivity index (χ4n) is 1.54. The van der Waals surface area contributed by atoms with Gasteiger partial charge in [-0.05, 0) is 26.2 Å². The van der Waals surface area contributed by atoms with Crippen LogP contribution in [-0.2, 0) is 11.0 Å². The van der Waals surface area contributed by atoms with Crippen molar-refractivity contribution in [2.75, 3.05) is 39.0 Å². The third-order valence-electron chi connectivity index (χ3n) is 2.55. The van der Waals surface area contributed by atoms with Crippen molar-refractivity contribution in [3.63, 3.8) is 0 Å². The molecule has 0 aliphatic rings. The topological polar surface area (TPSA) is 44.4 Å². The maximum absolute atomic E-state index is 12.7. The van der Waals surface area contributed by atoms with Gasteiger partial charge in [-0.25, -0.2) is 0 Å². The fraction of sp³-hybridized carbons (Fsp3) is 0.462. The highest BCUT2D eigenvalue weighted by molar-refractivity contribution is 5.81. The van der Waals surface area contributed by atoms with Crippen molar-refractivity contribution in [3.05, 3.63) is 29.8 Å². The molecule has 0 spiro atoms. The summed E-state index contributed by atoms with van der Waals surface area (Å²) in [6.45, 7) is 0.930. The van der Waals surface area contributed by atoms with E-state index >= 15 is 0 Å². The molecule has 1 aromatic rings. The van der Waals surface area contributed by atoms with Crippen LogP contribution in [0.5, 0.6) is 0 Å². The fourth-order valence-corrected chi connectivity index (χ4v) is 1.54. The van der Waals surface area contributed by atoms with Crippen LogP contribution < -0.4 is 10.6 Å². The minimum atomic E-state index is -4.44. The highest BCUT2D eigenvalue weighted by Gasteiger charge is 2.33. The van der Waals surface area contributed by atoms with E-state index in [1.807, 2.05) is 19.0 Å². The molecule has 1 amide bonds. The van der Waals surface area contributed by atoms with Gasteiger partial charge >= 0.3 is 6.18 Å². The van der Waals surface area contributed by atoms with Crippen LogP contribution in [0, 0.1) is 0 Å². The third kappa shape index (κ3) is 5.48. The molecular weight excluding hydrogens is 271 g/mol. The Morgan fingerprint density at radius 1 is 1.25 bits per heavy atom. The van der Waals surface area contributed by atoms with E-state index in [9.17, 15) is 18.0 Å². The van der Waals surface area contributed by atoms with Crippen LogP contribution in [-0.4, -0.2) is 44.5 Å². The molecule has 0 saturated heterocycles. The van der Waals surface area contributed by atoms with Crippen LogP contribution >= 0.6 is 0 Å². The molecule has 4 nitrogen and oxygen atoms in total. The number of hydrogen-bond donors (Lipinski definition) is 2. The third-order valence-corrected chi connectivity index (χ3v) is 2.55. The lowest BCUT2D eigenvalue weighted by Gasteiger charge is -2.14. The summed E-state index contributed by atoms with van der Waals surface area (Å²) >= 11 is 0. The summed E-state index contributed by atoms with van der Waals surface area (Å²) in [4.78, 5) is 13.4. The van der Waals surface area contributed by atoms with Gasteiger partial charge in [-0.2, -0.15) is 13.2 Å². The summed E-state index contributed by atoms with van der Waals surface area (Å²) < 4.78 is 38.2. The highest BCUT2D eigenvalue weighted by atomic mass is 19.4. The summed E-state index contributed by atoms with van der Waals surface area (Å²) in [7, 11) is 3.73. The molecule has 112 valence electrons. The number of para-hydroxylation sites is 1. The van der Waals surface area contributed by atoms with Gasteiger partial charge in [-0.15, -0.1) is 0 Å². The van der Waals surface area contributed by atoms with E-state index in [0.29, 0.717) is 13.1 Å². The molecule has 2 N–H and O–H groups in total. The zero-order chi connectivity index (χ0) is 15.2. The number of benzene rings is 1. The number of carbonyl (C=O) groups is 1. The van der Waals surface area contributed by atoms with Crippen LogP contribution in [0.3, 0.4) is 0 Å². The van der Waals surface area contributed by atoms with Crippen molar-refractivity contribution < 1.29 is 18.0 Å². The Bertz CT molecular complexity index is 447. The highest BCUT2D eigenvalue weighted by Crippen LogP contribution is 2.34. The maximum atomic E-state index is 12.7. The van der Waals surface area contributed by atoms with Gasteiger partial charge in [0.15, 0.2) is 0 Å². The predicted molar refractivity (Wildman–Crippen MR) is 71.5 cm³/mol. The second-order valence-electron chi connectivity index (χ2n) is 4.55. The van der Waals surface area contributed by atoms with Crippen molar-refractivity contribution in [1.82, 2.24) is 10.2 Å². The van der Waals surface area contributed by atoms with Crippen molar-refractivity contribution in [2.24, 2.45) is 0 Å². The molecule has 0 atom stereocenters. The van der Waals surface area contributed by atoms with E-state index in [4.69, 9.17) is 0 Å². The van der Waals surface area contributed by atoms with Gasteiger partial charge in [-0.3, -0.25) is 4.79 Å². The van der Waals surface area contributed by atoms with E-state index in [2.05, 4.69) is 10.6 Å². The molecule has 0 radical (unpaired) electrons. The molecule has 0 unspecified atom stereocenters. The number of amides is 1. The lowest BCUT2D eigenvalue weighted by Crippen LogP contribution is -2.35. The number of hydrogen-bond acceptors (Lipinski definition) is 3. The van der Waals surface area contributed by atoms with Crippen LogP contribution in [0.1, 0.15) is 5.56 Å². The number of carbonyl (C=O) groups excluding carboxylic acids is 1. The zero-order valence-electron chi connectivity index (χ0n) is 11.4. The van der Waals surface area contributed by atoms with Crippen LogP contribution in [0.2, 0.25) is 0 Å². The van der Waals surface area contributed by atoms with E-state index in [0.717, 1.165) is 6.07 Å². The first-order chi connectivity index (χ1) is 9.30. The SMILES string of the molecule is CN(C)CCNC(=O)CNc1ccccc1C(F)(F)F. The molecule has 0 heterocycles. The van der Waals surface area contributed by atoms with E-state index in [-0.39, 0.29) is 18.1 Å². The number of rotatable bonds is 6. The number of nitrogens with one attached hydrogen (secondary N) is 2. The second-order valence-corrected chi connectivity index (χ2v) is 4.55. The van der Waals surface area contributed by atoms with Gasteiger partial charge in [0.1, 0.15) is 0 Å². The van der Waals surface area contributed by atoms with Crippen LogP contribution in [0.4, 0.5) is 18.9 Å². The number of anilines is 1. The van der Waals surface area contributed by atoms with Crippen molar-refractivity contribution in [2.45, 2.75) is 6.18 Å². The normalized spacial score (nSPS) is 11.5. The monoisotopic (exact) mass is 289 g/mol. The summed E-state index contributed by atoms with van der Waals surface area (Å²) in [6, 6.07) is 5.08. The molecule has 0 aliphatic carbocycles. The number of alkyl halides is 3. The molecule has 0 saturated carbocycles. The van der Waals surface area contributed by atoms with Gasteiger partial charge in [0.2, 0.25) is 5.91 Å². The summed E-state index contributed by atoms with van der Waals surface area (Å²) in [5, 5.41) is 5.13.